The predicted octanol–water partition coefficient (Wildman–Crippen LogP) is 1.89. The molecule has 8 nitrogen and oxygen atoms in total. The van der Waals surface area contributed by atoms with Crippen molar-refractivity contribution in [2.75, 3.05) is 43.4 Å². The predicted molar refractivity (Wildman–Crippen MR) is 119 cm³/mol. The molecule has 1 saturated heterocycles. The van der Waals surface area contributed by atoms with Crippen molar-refractivity contribution in [1.82, 2.24) is 10.2 Å². The van der Waals surface area contributed by atoms with E-state index in [2.05, 4.69) is 5.32 Å². The van der Waals surface area contributed by atoms with Gasteiger partial charge in [0.25, 0.3) is 5.91 Å². The Hall–Kier alpha value is -2.62. The maximum atomic E-state index is 12.6. The van der Waals surface area contributed by atoms with Crippen LogP contribution >= 0.6 is 11.6 Å². The number of nitrogens with zero attached hydrogens (tertiary/aromatic N) is 2. The van der Waals surface area contributed by atoms with Crippen molar-refractivity contribution >= 4 is 39.1 Å². The molecule has 0 saturated carbocycles. The number of amides is 2. The fourth-order valence-electron chi connectivity index (χ4n) is 3.11. The normalized spacial score (nSPS) is 14.2. The van der Waals surface area contributed by atoms with Crippen LogP contribution in [0.25, 0.3) is 0 Å². The van der Waals surface area contributed by atoms with E-state index in [-0.39, 0.29) is 19.0 Å². The van der Waals surface area contributed by atoms with Crippen LogP contribution < -0.4 is 9.62 Å². The van der Waals surface area contributed by atoms with Crippen LogP contribution in [0, 0.1) is 0 Å². The Kier molecular flexibility index (Phi) is 7.53. The average Bonchev–Trinajstić information content (AvgIpc) is 2.76. The molecule has 0 unspecified atom stereocenters. The van der Waals surface area contributed by atoms with Crippen LogP contribution in [-0.4, -0.2) is 64.2 Å². The first kappa shape index (κ1) is 23.1. The van der Waals surface area contributed by atoms with Crippen molar-refractivity contribution in [2.45, 2.75) is 6.54 Å². The number of hydrogen-bond donors (Lipinski definition) is 1. The van der Waals surface area contributed by atoms with Gasteiger partial charge in [-0.2, -0.15) is 0 Å². The topological polar surface area (TPSA) is 96.0 Å². The van der Waals surface area contributed by atoms with Gasteiger partial charge >= 0.3 is 0 Å². The summed E-state index contributed by atoms with van der Waals surface area (Å²) in [5, 5.41) is 3.29. The summed E-state index contributed by atoms with van der Waals surface area (Å²) in [7, 11) is -3.71. The molecule has 1 fully saturated rings. The highest BCUT2D eigenvalue weighted by Crippen LogP contribution is 2.19. The molecule has 0 atom stereocenters. The van der Waals surface area contributed by atoms with Crippen molar-refractivity contribution in [3.63, 3.8) is 0 Å². The van der Waals surface area contributed by atoms with Crippen molar-refractivity contribution in [3.05, 3.63) is 64.7 Å². The van der Waals surface area contributed by atoms with Gasteiger partial charge in [-0.1, -0.05) is 23.7 Å². The molecule has 2 aromatic carbocycles. The van der Waals surface area contributed by atoms with Gasteiger partial charge in [0.2, 0.25) is 15.9 Å². The molecule has 2 aromatic rings. The van der Waals surface area contributed by atoms with Crippen molar-refractivity contribution < 1.29 is 22.7 Å². The quantitative estimate of drug-likeness (QED) is 0.673. The van der Waals surface area contributed by atoms with Gasteiger partial charge in [-0.05, 0) is 42.0 Å². The lowest BCUT2D eigenvalue weighted by molar-refractivity contribution is -0.119. The zero-order valence-corrected chi connectivity index (χ0v) is 18.7. The number of ether oxygens (including phenoxy) is 1. The van der Waals surface area contributed by atoms with Gasteiger partial charge in [0, 0.05) is 30.2 Å². The number of nitrogens with one attached hydrogen (secondary N) is 1. The van der Waals surface area contributed by atoms with Gasteiger partial charge < -0.3 is 15.0 Å². The molecule has 0 bridgehead atoms. The number of carbonyl (C=O) groups excluding carboxylic acids is 2. The second-order valence-electron chi connectivity index (χ2n) is 7.12. The Balaban J connectivity index is 1.66. The lowest BCUT2D eigenvalue weighted by Gasteiger charge is -2.27. The van der Waals surface area contributed by atoms with Crippen LogP contribution in [0.5, 0.6) is 0 Å². The molecule has 2 amide bonds. The maximum absolute atomic E-state index is 12.6. The number of morpholine rings is 1. The van der Waals surface area contributed by atoms with E-state index in [1.807, 2.05) is 0 Å². The minimum absolute atomic E-state index is 0.138. The number of sulfonamides is 1. The Labute approximate surface area is 186 Å². The molecule has 0 aromatic heterocycles. The van der Waals surface area contributed by atoms with E-state index in [4.69, 9.17) is 16.3 Å². The van der Waals surface area contributed by atoms with Crippen molar-refractivity contribution in [2.24, 2.45) is 0 Å². The lowest BCUT2D eigenvalue weighted by atomic mass is 10.1. The molecule has 0 aliphatic carbocycles. The lowest BCUT2D eigenvalue weighted by Crippen LogP contribution is -2.41. The molecule has 1 aliphatic heterocycles. The van der Waals surface area contributed by atoms with E-state index in [0.29, 0.717) is 42.6 Å². The van der Waals surface area contributed by atoms with Crippen molar-refractivity contribution in [1.29, 1.82) is 0 Å². The second-order valence-corrected chi connectivity index (χ2v) is 9.47. The fourth-order valence-corrected chi connectivity index (χ4v) is 4.09. The zero-order chi connectivity index (χ0) is 22.4. The SMILES string of the molecule is CS(=O)(=O)N(CC(=O)NCc1ccc(Cl)cc1)c1ccc(C(=O)N2CCOCC2)cc1. The number of halogens is 1. The molecule has 3 rings (SSSR count). The van der Waals surface area contributed by atoms with E-state index >= 15 is 0 Å². The number of carbonyl (C=O) groups is 2. The summed E-state index contributed by atoms with van der Waals surface area (Å²) in [6, 6.07) is 13.2. The van der Waals surface area contributed by atoms with Gasteiger partial charge in [0.15, 0.2) is 0 Å². The third kappa shape index (κ3) is 6.43. The van der Waals surface area contributed by atoms with Crippen LogP contribution in [0.4, 0.5) is 5.69 Å². The second kappa shape index (κ2) is 10.1. The molecule has 0 spiro atoms. The van der Waals surface area contributed by atoms with Gasteiger partial charge in [0.1, 0.15) is 6.54 Å². The average molecular weight is 466 g/mol. The standard InChI is InChI=1S/C21H24ClN3O5S/c1-31(28,29)25(15-20(26)23-14-16-2-6-18(22)7-3-16)19-8-4-17(5-9-19)21(27)24-10-12-30-13-11-24/h2-9H,10-15H2,1H3,(H,23,26). The summed E-state index contributed by atoms with van der Waals surface area (Å²) in [6.07, 6.45) is 1.03. The Morgan fingerprint density at radius 2 is 1.68 bits per heavy atom. The molecule has 10 heteroatoms. The first-order chi connectivity index (χ1) is 14.7. The van der Waals surface area contributed by atoms with Gasteiger partial charge in [-0.15, -0.1) is 0 Å². The zero-order valence-electron chi connectivity index (χ0n) is 17.1. The minimum atomic E-state index is -3.71. The van der Waals surface area contributed by atoms with Crippen LogP contribution in [0.3, 0.4) is 0 Å². The first-order valence-corrected chi connectivity index (χ1v) is 11.9. The minimum Gasteiger partial charge on any atom is -0.378 e. The Bertz CT molecular complexity index is 1020. The summed E-state index contributed by atoms with van der Waals surface area (Å²) in [4.78, 5) is 26.6. The van der Waals surface area contributed by atoms with Crippen LogP contribution in [0.1, 0.15) is 15.9 Å². The highest BCUT2D eigenvalue weighted by atomic mass is 35.5. The molecule has 31 heavy (non-hydrogen) atoms. The highest BCUT2D eigenvalue weighted by Gasteiger charge is 2.22. The van der Waals surface area contributed by atoms with Gasteiger partial charge in [-0.3, -0.25) is 13.9 Å². The smallest absolute Gasteiger partial charge is 0.254 e. The largest absolute Gasteiger partial charge is 0.378 e. The summed E-state index contributed by atoms with van der Waals surface area (Å²) in [5.74, 6) is -0.588. The summed E-state index contributed by atoms with van der Waals surface area (Å²) < 4.78 is 30.8. The molecule has 1 aliphatic rings. The maximum Gasteiger partial charge on any atom is 0.254 e. The number of anilines is 1. The summed E-state index contributed by atoms with van der Waals surface area (Å²) in [6.45, 7) is 1.91. The molecule has 0 radical (unpaired) electrons. The van der Waals surface area contributed by atoms with Gasteiger partial charge in [0.05, 0.1) is 25.2 Å². The highest BCUT2D eigenvalue weighted by molar-refractivity contribution is 7.92. The van der Waals surface area contributed by atoms with Crippen molar-refractivity contribution in [3.8, 4) is 0 Å². The number of benzene rings is 2. The Morgan fingerprint density at radius 3 is 2.26 bits per heavy atom. The molecular weight excluding hydrogens is 442 g/mol. The van der Waals surface area contributed by atoms with E-state index in [1.54, 1.807) is 41.3 Å². The third-order valence-corrected chi connectivity index (χ3v) is 6.18. The van der Waals surface area contributed by atoms with Crippen LogP contribution in [0.15, 0.2) is 48.5 Å². The van der Waals surface area contributed by atoms with Crippen LogP contribution in [0.2, 0.25) is 5.02 Å². The summed E-state index contributed by atoms with van der Waals surface area (Å²) >= 11 is 5.85. The summed E-state index contributed by atoms with van der Waals surface area (Å²) in [5.41, 5.74) is 1.60. The Morgan fingerprint density at radius 1 is 1.06 bits per heavy atom. The van der Waals surface area contributed by atoms with E-state index in [0.717, 1.165) is 16.1 Å². The first-order valence-electron chi connectivity index (χ1n) is 9.70. The monoisotopic (exact) mass is 465 g/mol. The van der Waals surface area contributed by atoms with E-state index in [9.17, 15) is 18.0 Å². The molecule has 1 N–H and O–H groups in total. The molecule has 1 heterocycles. The number of rotatable bonds is 7. The molecule has 166 valence electrons. The van der Waals surface area contributed by atoms with E-state index < -0.39 is 15.9 Å². The molecular formula is C21H24ClN3O5S. The fraction of sp³-hybridized carbons (Fsp3) is 0.333. The number of hydrogen-bond acceptors (Lipinski definition) is 5. The van der Waals surface area contributed by atoms with Gasteiger partial charge in [-0.25, -0.2) is 8.42 Å². The van der Waals surface area contributed by atoms with Crippen LogP contribution in [-0.2, 0) is 26.1 Å². The third-order valence-electron chi connectivity index (χ3n) is 4.79. The van der Waals surface area contributed by atoms with E-state index in [1.165, 1.54) is 12.1 Å².